The van der Waals surface area contributed by atoms with Crippen LogP contribution >= 0.6 is 0 Å². The fraction of sp³-hybridized carbons (Fsp3) is 0.273. The van der Waals surface area contributed by atoms with Gasteiger partial charge in [0.15, 0.2) is 0 Å². The lowest BCUT2D eigenvalue weighted by Gasteiger charge is -2.31. The summed E-state index contributed by atoms with van der Waals surface area (Å²) in [6, 6.07) is 12.1. The number of hydrogen-bond donors (Lipinski definition) is 1. The van der Waals surface area contributed by atoms with Gasteiger partial charge in [-0.15, -0.1) is 0 Å². The molecule has 1 N–H and O–H groups in total. The van der Waals surface area contributed by atoms with Gasteiger partial charge in [-0.2, -0.15) is 5.26 Å². The van der Waals surface area contributed by atoms with Crippen LogP contribution in [0.25, 0.3) is 0 Å². The van der Waals surface area contributed by atoms with E-state index in [1.165, 1.54) is 0 Å². The Morgan fingerprint density at radius 2 is 2.10 bits per heavy atom. The molecule has 146 valence electrons. The largest absolute Gasteiger partial charge is 0.481 e. The molecule has 1 aliphatic rings. The topological polar surface area (TPSA) is 87.0 Å². The van der Waals surface area contributed by atoms with Gasteiger partial charge in [-0.25, -0.2) is 15.0 Å². The van der Waals surface area contributed by atoms with Gasteiger partial charge in [0, 0.05) is 43.9 Å². The SMILES string of the molecule is COc1ccc(CNc2ncnc3c2CN(c2ccc(C)cc2C#N)CC3)cn1. The number of fused-ring (bicyclic) bond motifs is 1. The molecule has 0 spiro atoms. The van der Waals surface area contributed by atoms with Crippen molar-refractivity contribution in [3.63, 3.8) is 0 Å². The summed E-state index contributed by atoms with van der Waals surface area (Å²) in [4.78, 5) is 15.4. The summed E-state index contributed by atoms with van der Waals surface area (Å²) in [6.45, 7) is 4.09. The molecule has 0 aliphatic carbocycles. The Morgan fingerprint density at radius 3 is 2.86 bits per heavy atom. The average molecular weight is 386 g/mol. The zero-order chi connectivity index (χ0) is 20.2. The van der Waals surface area contributed by atoms with Crippen LogP contribution in [0.3, 0.4) is 0 Å². The Labute approximate surface area is 170 Å². The van der Waals surface area contributed by atoms with Crippen LogP contribution in [-0.4, -0.2) is 28.6 Å². The third-order valence-corrected chi connectivity index (χ3v) is 5.08. The van der Waals surface area contributed by atoms with Gasteiger partial charge in [0.25, 0.3) is 0 Å². The second-order valence-corrected chi connectivity index (χ2v) is 7.01. The normalized spacial score (nSPS) is 12.8. The minimum atomic E-state index is 0.593. The van der Waals surface area contributed by atoms with Gasteiger partial charge >= 0.3 is 0 Å². The summed E-state index contributed by atoms with van der Waals surface area (Å²) in [5, 5.41) is 13.0. The molecule has 0 fully saturated rings. The van der Waals surface area contributed by atoms with Gasteiger partial charge in [0.2, 0.25) is 5.88 Å². The van der Waals surface area contributed by atoms with Crippen LogP contribution in [0.5, 0.6) is 5.88 Å². The smallest absolute Gasteiger partial charge is 0.212 e. The van der Waals surface area contributed by atoms with Crippen molar-refractivity contribution in [3.05, 3.63) is 70.8 Å². The second kappa shape index (κ2) is 8.15. The van der Waals surface area contributed by atoms with Crippen molar-refractivity contribution >= 4 is 11.5 Å². The van der Waals surface area contributed by atoms with Gasteiger partial charge in [-0.1, -0.05) is 12.1 Å². The summed E-state index contributed by atoms with van der Waals surface area (Å²) in [7, 11) is 1.60. The Hall–Kier alpha value is -3.66. The lowest BCUT2D eigenvalue weighted by atomic mass is 10.0. The molecule has 0 unspecified atom stereocenters. The standard InChI is InChI=1S/C22H22N6O/c1-15-3-5-20(17(9-15)10-23)28-8-7-19-18(13-28)22(27-14-26-19)25-12-16-4-6-21(29-2)24-11-16/h3-6,9,11,14H,7-8,12-13H2,1-2H3,(H,25,26,27). The molecule has 3 aromatic rings. The predicted octanol–water partition coefficient (Wildman–Crippen LogP) is 3.24. The third-order valence-electron chi connectivity index (χ3n) is 5.08. The molecule has 0 amide bonds. The second-order valence-electron chi connectivity index (χ2n) is 7.01. The highest BCUT2D eigenvalue weighted by molar-refractivity contribution is 5.62. The van der Waals surface area contributed by atoms with Crippen molar-refractivity contribution in [1.82, 2.24) is 15.0 Å². The molecule has 0 atom stereocenters. The van der Waals surface area contributed by atoms with E-state index in [0.717, 1.165) is 46.9 Å². The Morgan fingerprint density at radius 1 is 1.21 bits per heavy atom. The van der Waals surface area contributed by atoms with E-state index in [-0.39, 0.29) is 0 Å². The minimum Gasteiger partial charge on any atom is -0.481 e. The van der Waals surface area contributed by atoms with Crippen molar-refractivity contribution in [1.29, 1.82) is 5.26 Å². The maximum absolute atomic E-state index is 9.54. The van der Waals surface area contributed by atoms with E-state index in [1.54, 1.807) is 19.6 Å². The maximum atomic E-state index is 9.54. The molecule has 3 heterocycles. The van der Waals surface area contributed by atoms with Crippen LogP contribution in [0, 0.1) is 18.3 Å². The van der Waals surface area contributed by atoms with Crippen LogP contribution in [0.4, 0.5) is 11.5 Å². The molecule has 1 aliphatic heterocycles. The van der Waals surface area contributed by atoms with Crippen LogP contribution in [-0.2, 0) is 19.5 Å². The highest BCUT2D eigenvalue weighted by Crippen LogP contribution is 2.29. The molecule has 4 rings (SSSR count). The lowest BCUT2D eigenvalue weighted by Crippen LogP contribution is -2.32. The third kappa shape index (κ3) is 3.97. The van der Waals surface area contributed by atoms with Crippen molar-refractivity contribution in [2.45, 2.75) is 26.4 Å². The van der Waals surface area contributed by atoms with E-state index in [0.29, 0.717) is 24.5 Å². The van der Waals surface area contributed by atoms with Crippen LogP contribution in [0.1, 0.15) is 27.9 Å². The van der Waals surface area contributed by atoms with E-state index < -0.39 is 0 Å². The zero-order valence-corrected chi connectivity index (χ0v) is 16.5. The predicted molar refractivity (Wildman–Crippen MR) is 111 cm³/mol. The molecule has 29 heavy (non-hydrogen) atoms. The first-order valence-corrected chi connectivity index (χ1v) is 9.49. The highest BCUT2D eigenvalue weighted by Gasteiger charge is 2.23. The molecule has 1 aromatic carbocycles. The molecule has 0 radical (unpaired) electrons. The van der Waals surface area contributed by atoms with Crippen molar-refractivity contribution in [2.75, 3.05) is 23.9 Å². The summed E-state index contributed by atoms with van der Waals surface area (Å²) in [5.74, 6) is 1.41. The first kappa shape index (κ1) is 18.7. The number of anilines is 2. The van der Waals surface area contributed by atoms with Gasteiger partial charge < -0.3 is 15.0 Å². The summed E-state index contributed by atoms with van der Waals surface area (Å²) in [5.41, 5.74) is 5.90. The Balaban J connectivity index is 1.55. The maximum Gasteiger partial charge on any atom is 0.212 e. The number of nitriles is 1. The van der Waals surface area contributed by atoms with Gasteiger partial charge in [-0.05, 0) is 30.2 Å². The molecule has 0 bridgehead atoms. The monoisotopic (exact) mass is 386 g/mol. The van der Waals surface area contributed by atoms with Crippen LogP contribution in [0.2, 0.25) is 0 Å². The number of ether oxygens (including phenoxy) is 1. The number of methoxy groups -OCH3 is 1. The zero-order valence-electron chi connectivity index (χ0n) is 16.5. The van der Waals surface area contributed by atoms with E-state index in [2.05, 4.69) is 31.2 Å². The highest BCUT2D eigenvalue weighted by atomic mass is 16.5. The fourth-order valence-electron chi connectivity index (χ4n) is 3.54. The van der Waals surface area contributed by atoms with E-state index in [4.69, 9.17) is 4.74 Å². The number of aryl methyl sites for hydroxylation is 1. The fourth-order valence-corrected chi connectivity index (χ4v) is 3.54. The molecule has 0 saturated carbocycles. The molecule has 2 aromatic heterocycles. The number of nitrogens with one attached hydrogen (secondary N) is 1. The summed E-state index contributed by atoms with van der Waals surface area (Å²) in [6.07, 6.45) is 4.21. The Bertz CT molecular complexity index is 1060. The first-order valence-electron chi connectivity index (χ1n) is 9.49. The number of nitrogens with zero attached hydrogens (tertiary/aromatic N) is 5. The molecule has 7 nitrogen and oxygen atoms in total. The van der Waals surface area contributed by atoms with E-state index >= 15 is 0 Å². The molecule has 7 heteroatoms. The summed E-state index contributed by atoms with van der Waals surface area (Å²) < 4.78 is 5.11. The van der Waals surface area contributed by atoms with Crippen molar-refractivity contribution in [3.8, 4) is 11.9 Å². The van der Waals surface area contributed by atoms with Gasteiger partial charge in [0.05, 0.1) is 24.1 Å². The first-order chi connectivity index (χ1) is 14.2. The minimum absolute atomic E-state index is 0.593. The van der Waals surface area contributed by atoms with Crippen molar-refractivity contribution in [2.24, 2.45) is 0 Å². The Kier molecular flexibility index (Phi) is 5.25. The number of rotatable bonds is 5. The van der Waals surface area contributed by atoms with Crippen LogP contribution < -0.4 is 15.0 Å². The summed E-state index contributed by atoms with van der Waals surface area (Å²) >= 11 is 0. The number of pyridine rings is 1. The lowest BCUT2D eigenvalue weighted by molar-refractivity contribution is 0.397. The molecule has 0 saturated heterocycles. The van der Waals surface area contributed by atoms with E-state index in [9.17, 15) is 5.26 Å². The molecular weight excluding hydrogens is 364 g/mol. The van der Waals surface area contributed by atoms with Gasteiger partial charge in [0.1, 0.15) is 18.2 Å². The average Bonchev–Trinajstić information content (AvgIpc) is 2.77. The number of hydrogen-bond acceptors (Lipinski definition) is 7. The molecular formula is C22H22N6O. The van der Waals surface area contributed by atoms with Crippen molar-refractivity contribution < 1.29 is 4.74 Å². The number of aromatic nitrogens is 3. The van der Waals surface area contributed by atoms with E-state index in [1.807, 2.05) is 37.3 Å². The van der Waals surface area contributed by atoms with Crippen LogP contribution in [0.15, 0.2) is 42.9 Å². The van der Waals surface area contributed by atoms with Gasteiger partial charge in [-0.3, -0.25) is 0 Å². The number of benzene rings is 1. The quantitative estimate of drug-likeness (QED) is 0.720.